The van der Waals surface area contributed by atoms with Crippen LogP contribution < -0.4 is 9.80 Å². The van der Waals surface area contributed by atoms with Gasteiger partial charge in [-0.2, -0.15) is 0 Å². The van der Waals surface area contributed by atoms with Crippen LogP contribution in [0, 0.1) is 0 Å². The van der Waals surface area contributed by atoms with Crippen molar-refractivity contribution in [2.75, 3.05) is 9.80 Å². The zero-order valence-corrected chi connectivity index (χ0v) is 60.6. The Balaban J connectivity index is 0.586. The summed E-state index contributed by atoms with van der Waals surface area (Å²) in [6.07, 6.45) is 0. The number of rotatable bonds is 17. The summed E-state index contributed by atoms with van der Waals surface area (Å²) in [5.74, 6) is 0. The fourth-order valence-electron chi connectivity index (χ4n) is 16.0. The first-order chi connectivity index (χ1) is 54.5. The summed E-state index contributed by atoms with van der Waals surface area (Å²) < 4.78 is 0. The summed E-state index contributed by atoms with van der Waals surface area (Å²) in [6.45, 7) is 0. The predicted molar refractivity (Wildman–Crippen MR) is 468 cm³/mol. The van der Waals surface area contributed by atoms with E-state index in [9.17, 15) is 0 Å². The van der Waals surface area contributed by atoms with Gasteiger partial charge in [-0.15, -0.1) is 0 Å². The molecule has 0 fully saturated rings. The molecular weight excluding hydrogens is 1330 g/mol. The number of hydrogen-bond donors (Lipinski definition) is 0. The molecule has 19 rings (SSSR count). The number of hydrogen-bond acceptors (Lipinski definition) is 2. The molecule has 2 heteroatoms. The van der Waals surface area contributed by atoms with E-state index in [1.807, 2.05) is 0 Å². The normalized spacial score (nSPS) is 11.3. The Morgan fingerprint density at radius 2 is 0.336 bits per heavy atom. The van der Waals surface area contributed by atoms with Crippen molar-refractivity contribution < 1.29 is 0 Å². The maximum Gasteiger partial charge on any atom is 0.0462 e. The van der Waals surface area contributed by atoms with Gasteiger partial charge >= 0.3 is 0 Å². The van der Waals surface area contributed by atoms with Crippen LogP contribution in [0.25, 0.3) is 155 Å². The second kappa shape index (κ2) is 29.5. The highest BCUT2D eigenvalue weighted by molar-refractivity contribution is 6.06. The van der Waals surface area contributed by atoms with Crippen molar-refractivity contribution in [2.24, 2.45) is 0 Å². The minimum atomic E-state index is 1.07. The minimum Gasteiger partial charge on any atom is -0.311 e. The zero-order valence-electron chi connectivity index (χ0n) is 60.6. The Bertz CT molecular complexity index is 6480. The van der Waals surface area contributed by atoms with Crippen molar-refractivity contribution in [1.82, 2.24) is 0 Å². The minimum absolute atomic E-state index is 1.07. The molecule has 516 valence electrons. The zero-order chi connectivity index (χ0) is 73.1. The Hall–Kier alpha value is -14.4. The highest BCUT2D eigenvalue weighted by Gasteiger charge is 2.20. The van der Waals surface area contributed by atoms with E-state index in [0.717, 1.165) is 73.1 Å². The molecule has 0 saturated heterocycles. The lowest BCUT2D eigenvalue weighted by Gasteiger charge is -2.26. The molecule has 0 unspecified atom stereocenters. The van der Waals surface area contributed by atoms with Crippen LogP contribution in [0.5, 0.6) is 0 Å². The third kappa shape index (κ3) is 13.3. The van der Waals surface area contributed by atoms with Crippen molar-refractivity contribution in [2.45, 2.75) is 0 Å². The van der Waals surface area contributed by atoms with E-state index >= 15 is 0 Å². The van der Waals surface area contributed by atoms with Crippen molar-refractivity contribution in [3.63, 3.8) is 0 Å². The number of fused-ring (bicyclic) bond motifs is 3. The highest BCUT2D eigenvalue weighted by Crippen LogP contribution is 2.45. The second-order valence-electron chi connectivity index (χ2n) is 28.3. The molecule has 0 heterocycles. The van der Waals surface area contributed by atoms with E-state index in [1.54, 1.807) is 0 Å². The molecule has 0 N–H and O–H groups in total. The Morgan fingerprint density at radius 3 is 0.682 bits per heavy atom. The first kappa shape index (κ1) is 66.3. The van der Waals surface area contributed by atoms with Crippen LogP contribution in [0.15, 0.2) is 449 Å². The second-order valence-corrected chi connectivity index (χ2v) is 28.3. The molecule has 0 radical (unpaired) electrons. The quantitative estimate of drug-likeness (QED) is 0.0896. The molecule has 2 nitrogen and oxygen atoms in total. The van der Waals surface area contributed by atoms with E-state index in [1.165, 1.54) is 116 Å². The first-order valence-electron chi connectivity index (χ1n) is 37.8. The SMILES string of the molecule is c1ccc(-c2ccc(N(c3ccc(-c4cccc(-c5cccc(-c6ccc(-c7ccc(N(c8ccc(-c9ccc(-c%10ccc%11ccccc%11c%10)cc9)cc8)c8ccc(-c9ccc%10ccccc%10c9-c9ccccc9)cc8)cc7)cc6)c5)c4)cc3)c3ccc(-c4ccc5ccccc5c4-c4ccccc4)cc3)cc2)cc1. The van der Waals surface area contributed by atoms with Crippen LogP contribution in [0.4, 0.5) is 34.1 Å². The summed E-state index contributed by atoms with van der Waals surface area (Å²) in [6, 6.07) is 164. The van der Waals surface area contributed by atoms with Gasteiger partial charge < -0.3 is 9.80 Å². The fourth-order valence-corrected chi connectivity index (χ4v) is 16.0. The predicted octanol–water partition coefficient (Wildman–Crippen LogP) is 30.4. The lowest BCUT2D eigenvalue weighted by Crippen LogP contribution is -2.09. The van der Waals surface area contributed by atoms with Gasteiger partial charge in [-0.3, -0.25) is 0 Å². The van der Waals surface area contributed by atoms with Crippen molar-refractivity contribution in [3.8, 4) is 122 Å². The third-order valence-electron chi connectivity index (χ3n) is 21.7. The van der Waals surface area contributed by atoms with E-state index in [2.05, 4.69) is 459 Å². The Kier molecular flexibility index (Phi) is 17.8. The van der Waals surface area contributed by atoms with E-state index in [-0.39, 0.29) is 0 Å². The lowest BCUT2D eigenvalue weighted by molar-refractivity contribution is 1.28. The van der Waals surface area contributed by atoms with Gasteiger partial charge in [0.25, 0.3) is 0 Å². The molecule has 19 aromatic rings. The van der Waals surface area contributed by atoms with Gasteiger partial charge in [-0.05, 0) is 246 Å². The summed E-state index contributed by atoms with van der Waals surface area (Å²) in [4.78, 5) is 4.74. The van der Waals surface area contributed by atoms with Gasteiger partial charge in [0.05, 0.1) is 0 Å². The molecule has 0 aliphatic carbocycles. The monoisotopic (exact) mass is 1400 g/mol. The summed E-state index contributed by atoms with van der Waals surface area (Å²) in [5.41, 5.74) is 32.5. The van der Waals surface area contributed by atoms with Crippen molar-refractivity contribution >= 4 is 66.4 Å². The van der Waals surface area contributed by atoms with Crippen LogP contribution >= 0.6 is 0 Å². The molecule has 0 aromatic heterocycles. The van der Waals surface area contributed by atoms with Crippen LogP contribution in [-0.4, -0.2) is 0 Å². The number of benzene rings is 19. The lowest BCUT2D eigenvalue weighted by atomic mass is 9.90. The summed E-state index contributed by atoms with van der Waals surface area (Å²) >= 11 is 0. The van der Waals surface area contributed by atoms with Gasteiger partial charge in [0.2, 0.25) is 0 Å². The smallest absolute Gasteiger partial charge is 0.0462 e. The maximum absolute atomic E-state index is 2.37. The molecule has 0 spiro atoms. The summed E-state index contributed by atoms with van der Waals surface area (Å²) in [5, 5.41) is 7.44. The first-order valence-corrected chi connectivity index (χ1v) is 37.8. The Labute approximate surface area is 643 Å². The Morgan fingerprint density at radius 1 is 0.118 bits per heavy atom. The molecule has 0 bridgehead atoms. The van der Waals surface area contributed by atoms with Gasteiger partial charge in [0.15, 0.2) is 0 Å². The fraction of sp³-hybridized carbons (Fsp3) is 0. The van der Waals surface area contributed by atoms with E-state index in [0.29, 0.717) is 0 Å². The van der Waals surface area contributed by atoms with Crippen molar-refractivity contribution in [1.29, 1.82) is 0 Å². The average Bonchev–Trinajstić information content (AvgIpc) is 0.772. The molecule has 19 aromatic carbocycles. The molecule has 110 heavy (non-hydrogen) atoms. The highest BCUT2D eigenvalue weighted by atomic mass is 15.1. The van der Waals surface area contributed by atoms with Crippen LogP contribution in [-0.2, 0) is 0 Å². The van der Waals surface area contributed by atoms with E-state index in [4.69, 9.17) is 0 Å². The number of nitrogens with zero attached hydrogens (tertiary/aromatic N) is 2. The molecule has 0 aliphatic heterocycles. The maximum atomic E-state index is 2.37. The standard InChI is InChI=1S/C108H74N2/c1-4-18-75(19-5-1)79-44-58-97(59-45-79)110(102-68-54-88(55-69-102)106-71-57-86-22-13-15-33-104(86)108(106)90-25-8-3-9-26-90)100-64-50-84(51-65-100)93-29-17-31-95(73-93)94-30-16-28-92(72-94)82-38-34-77(35-39-82)80-46-60-98(61-47-80)109(99-62-48-81(49-63-99)78-36-40-83(41-37-78)96-43-42-76-20-10-11-27-91(76)74-96)101-66-52-87(53-67-101)105-70-56-85-21-12-14-32-103(85)107(105)89-23-6-2-7-24-89/h1-74H. The van der Waals surface area contributed by atoms with Crippen LogP contribution in [0.3, 0.4) is 0 Å². The average molecular weight is 1400 g/mol. The topological polar surface area (TPSA) is 6.48 Å². The molecular formula is C108H74N2. The van der Waals surface area contributed by atoms with Gasteiger partial charge in [-0.1, -0.05) is 358 Å². The molecule has 0 aliphatic rings. The van der Waals surface area contributed by atoms with Crippen molar-refractivity contribution in [3.05, 3.63) is 449 Å². The van der Waals surface area contributed by atoms with Gasteiger partial charge in [0, 0.05) is 34.1 Å². The van der Waals surface area contributed by atoms with E-state index < -0.39 is 0 Å². The number of anilines is 6. The third-order valence-corrected chi connectivity index (χ3v) is 21.7. The summed E-state index contributed by atoms with van der Waals surface area (Å²) in [7, 11) is 0. The van der Waals surface area contributed by atoms with Crippen LogP contribution in [0.1, 0.15) is 0 Å². The largest absolute Gasteiger partial charge is 0.311 e. The van der Waals surface area contributed by atoms with Gasteiger partial charge in [0.1, 0.15) is 0 Å². The molecule has 0 atom stereocenters. The molecule has 0 amide bonds. The van der Waals surface area contributed by atoms with Gasteiger partial charge in [-0.25, -0.2) is 0 Å². The molecule has 0 saturated carbocycles. The van der Waals surface area contributed by atoms with Crippen LogP contribution in [0.2, 0.25) is 0 Å².